The molecule has 0 bridgehead atoms. The highest BCUT2D eigenvalue weighted by atomic mass is 32.2. The number of rotatable bonds is 16. The molecule has 0 spiro atoms. The first-order valence-corrected chi connectivity index (χ1v) is 20.8. The smallest absolute Gasteiger partial charge is 0.418 e. The molecule has 1 amide bonds. The number of nitrogens with zero attached hydrogens (tertiary/aromatic N) is 4. The van der Waals surface area contributed by atoms with Crippen molar-refractivity contribution in [1.82, 2.24) is 19.8 Å². The Morgan fingerprint density at radius 2 is 1.57 bits per heavy atom. The van der Waals surface area contributed by atoms with Gasteiger partial charge in [-0.25, -0.2) is 13.1 Å². The molecule has 2 heterocycles. The zero-order valence-corrected chi connectivity index (χ0v) is 33.7. The molecular weight excluding hydrogens is 794 g/mol. The number of hydrogen-bond donors (Lipinski definition) is 2. The molecule has 1 aromatic heterocycles. The first-order chi connectivity index (χ1) is 27.9. The molecule has 6 rings (SSSR count). The number of anilines is 2. The quantitative estimate of drug-likeness (QED) is 0.0768. The summed E-state index contributed by atoms with van der Waals surface area (Å²) in [5, 5.41) is 10.8. The van der Waals surface area contributed by atoms with Gasteiger partial charge in [0.25, 0.3) is 15.9 Å². The van der Waals surface area contributed by atoms with Gasteiger partial charge < -0.3 is 24.4 Å². The normalized spacial score (nSPS) is 13.5. The van der Waals surface area contributed by atoms with Gasteiger partial charge in [-0.1, -0.05) is 30.3 Å². The largest absolute Gasteiger partial charge is 0.496 e. The highest BCUT2D eigenvalue weighted by molar-refractivity contribution is 7.99. The van der Waals surface area contributed by atoms with Crippen molar-refractivity contribution in [3.8, 4) is 28.4 Å². The highest BCUT2D eigenvalue weighted by Gasteiger charge is 2.35. The summed E-state index contributed by atoms with van der Waals surface area (Å²) in [6.45, 7) is 5.75. The Morgan fingerprint density at radius 1 is 0.845 bits per heavy atom. The number of carbonyl (C=O) groups is 1. The molecule has 0 atom stereocenters. The molecule has 1 fully saturated rings. The van der Waals surface area contributed by atoms with Crippen LogP contribution in [-0.2, 0) is 22.7 Å². The van der Waals surface area contributed by atoms with Crippen molar-refractivity contribution in [1.29, 1.82) is 0 Å². The summed E-state index contributed by atoms with van der Waals surface area (Å²) in [4.78, 5) is 17.4. The van der Waals surface area contributed by atoms with Crippen LogP contribution in [0.15, 0.2) is 107 Å². The molecule has 1 aliphatic rings. The molecule has 5 aromatic rings. The molecule has 4 aromatic carbocycles. The first-order valence-electron chi connectivity index (χ1n) is 18.4. The molecule has 12 nitrogen and oxygen atoms in total. The maximum Gasteiger partial charge on any atom is 0.418 e. The molecule has 58 heavy (non-hydrogen) atoms. The molecule has 0 saturated carbocycles. The van der Waals surface area contributed by atoms with Gasteiger partial charge in [-0.15, -0.1) is 22.0 Å². The zero-order chi connectivity index (χ0) is 41.3. The van der Waals surface area contributed by atoms with Gasteiger partial charge in [-0.2, -0.15) is 13.2 Å². The summed E-state index contributed by atoms with van der Waals surface area (Å²) in [6.07, 6.45) is -4.86. The summed E-state index contributed by atoms with van der Waals surface area (Å²) >= 11 is 1.46. The molecule has 0 aliphatic carbocycles. The molecule has 1 aliphatic heterocycles. The van der Waals surface area contributed by atoms with Gasteiger partial charge in [0, 0.05) is 55.6 Å². The number of nitrogens with one attached hydrogen (secondary N) is 2. The summed E-state index contributed by atoms with van der Waals surface area (Å²) in [5.41, 5.74) is 1.04. The van der Waals surface area contributed by atoms with E-state index in [0.717, 1.165) is 39.5 Å². The number of sulfonamides is 1. The zero-order valence-electron chi connectivity index (χ0n) is 32.1. The fraction of sp³-hybridized carbons (Fsp3) is 0.293. The Balaban J connectivity index is 1.05. The third-order valence-electron chi connectivity index (χ3n) is 9.31. The van der Waals surface area contributed by atoms with Crippen LogP contribution in [0.3, 0.4) is 0 Å². The molecule has 2 N–H and O–H groups in total. The average molecular weight is 837 g/mol. The van der Waals surface area contributed by atoms with Crippen molar-refractivity contribution in [3.63, 3.8) is 0 Å². The predicted molar refractivity (Wildman–Crippen MR) is 217 cm³/mol. The van der Waals surface area contributed by atoms with Gasteiger partial charge in [0.05, 0.1) is 36.8 Å². The number of benzene rings is 4. The van der Waals surface area contributed by atoms with Gasteiger partial charge in [0.1, 0.15) is 17.2 Å². The van der Waals surface area contributed by atoms with E-state index in [1.807, 2.05) is 83.3 Å². The number of halogens is 3. The van der Waals surface area contributed by atoms with Crippen molar-refractivity contribution in [2.75, 3.05) is 69.5 Å². The summed E-state index contributed by atoms with van der Waals surface area (Å²) in [7, 11) is -1.45. The van der Waals surface area contributed by atoms with Crippen LogP contribution in [0.5, 0.6) is 17.2 Å². The van der Waals surface area contributed by atoms with Crippen LogP contribution in [-0.4, -0.2) is 88.7 Å². The molecule has 0 unspecified atom stereocenters. The second-order valence-electron chi connectivity index (χ2n) is 13.1. The van der Waals surface area contributed by atoms with Gasteiger partial charge >= 0.3 is 6.18 Å². The third-order valence-corrected chi connectivity index (χ3v) is 11.7. The lowest BCUT2D eigenvalue weighted by Crippen LogP contribution is -2.46. The fourth-order valence-electron chi connectivity index (χ4n) is 6.40. The van der Waals surface area contributed by atoms with Crippen LogP contribution < -0.4 is 29.1 Å². The number of thioether (sulfide) groups is 1. The Kier molecular flexibility index (Phi) is 13.7. The summed E-state index contributed by atoms with van der Waals surface area (Å²) in [6, 6.07) is 26.6. The number of piperazine rings is 1. The lowest BCUT2D eigenvalue weighted by Gasteiger charge is -2.35. The van der Waals surface area contributed by atoms with Gasteiger partial charge in [0.15, 0.2) is 11.5 Å². The lowest BCUT2D eigenvalue weighted by molar-refractivity contribution is -0.137. The monoisotopic (exact) mass is 836 g/mol. The van der Waals surface area contributed by atoms with Crippen LogP contribution >= 0.6 is 11.8 Å². The average Bonchev–Trinajstić information content (AvgIpc) is 3.23. The van der Waals surface area contributed by atoms with E-state index < -0.39 is 32.6 Å². The summed E-state index contributed by atoms with van der Waals surface area (Å²) in [5.74, 6) is 1.98. The molecule has 306 valence electrons. The number of amides is 1. The fourth-order valence-corrected chi connectivity index (χ4v) is 8.17. The van der Waals surface area contributed by atoms with Crippen molar-refractivity contribution >= 4 is 39.2 Å². The van der Waals surface area contributed by atoms with Gasteiger partial charge in [-0.3, -0.25) is 9.69 Å². The van der Waals surface area contributed by atoms with Crippen LogP contribution in [0.2, 0.25) is 0 Å². The Labute approximate surface area is 339 Å². The second-order valence-corrected chi connectivity index (χ2v) is 15.9. The minimum Gasteiger partial charge on any atom is -0.496 e. The summed E-state index contributed by atoms with van der Waals surface area (Å²) < 4.78 is 87.4. The number of alkyl halides is 3. The van der Waals surface area contributed by atoms with E-state index in [4.69, 9.17) is 14.2 Å². The SMILES string of the molecule is CCOc1cccc(-c2cc(OC)c(CN3CCN(c4ccc(C(=O)NS(=O)(=O)c5ccc(NCCSc6ccccc6)c(C(F)(F)F)c5)nn4)CC3)c(OC)c2)c1. The molecule has 17 heteroatoms. The van der Waals surface area contributed by atoms with E-state index in [9.17, 15) is 26.4 Å². The maximum atomic E-state index is 14.0. The molecule has 1 saturated heterocycles. The van der Waals surface area contributed by atoms with E-state index in [0.29, 0.717) is 68.5 Å². The number of carbonyl (C=O) groups excluding carboxylic acids is 1. The van der Waals surface area contributed by atoms with Gasteiger partial charge in [-0.05, 0) is 84.8 Å². The van der Waals surface area contributed by atoms with E-state index in [1.54, 1.807) is 20.3 Å². The van der Waals surface area contributed by atoms with Gasteiger partial charge in [0.2, 0.25) is 0 Å². The standard InChI is InChI=1S/C41H43F3N6O6S2/c1-4-56-30-10-8-9-28(23-30)29-24-37(54-2)33(38(25-29)55-3)27-49-18-20-50(21-19-49)39-16-15-36(46-47-39)40(51)48-58(52,53)32-13-14-35(34(26-32)41(42,43)44)45-17-22-57-31-11-6-5-7-12-31/h5-16,23-26,45H,4,17-22,27H2,1-3H3,(H,48,51). The minimum atomic E-state index is -4.86. The number of aromatic nitrogens is 2. The first kappa shape index (κ1) is 42.1. The Hall–Kier alpha value is -5.52. The van der Waals surface area contributed by atoms with E-state index >= 15 is 0 Å². The lowest BCUT2D eigenvalue weighted by atomic mass is 10.0. The van der Waals surface area contributed by atoms with Crippen molar-refractivity contribution in [2.45, 2.75) is 29.4 Å². The van der Waals surface area contributed by atoms with Crippen molar-refractivity contribution < 1.29 is 40.6 Å². The number of ether oxygens (including phenoxy) is 3. The second kappa shape index (κ2) is 18.8. The molecular formula is C41H43F3N6O6S2. The van der Waals surface area contributed by atoms with E-state index in [-0.39, 0.29) is 17.9 Å². The number of hydrogen-bond acceptors (Lipinski definition) is 12. The van der Waals surface area contributed by atoms with Crippen molar-refractivity contribution in [2.24, 2.45) is 0 Å². The van der Waals surface area contributed by atoms with Crippen LogP contribution in [0.1, 0.15) is 28.5 Å². The number of methoxy groups -OCH3 is 2. The molecule has 0 radical (unpaired) electrons. The van der Waals surface area contributed by atoms with E-state index in [2.05, 4.69) is 20.4 Å². The van der Waals surface area contributed by atoms with Crippen LogP contribution in [0.4, 0.5) is 24.7 Å². The van der Waals surface area contributed by atoms with Crippen LogP contribution in [0, 0.1) is 0 Å². The highest BCUT2D eigenvalue weighted by Crippen LogP contribution is 2.38. The topological polar surface area (TPSA) is 135 Å². The predicted octanol–water partition coefficient (Wildman–Crippen LogP) is 7.22. The minimum absolute atomic E-state index is 0.196. The Bertz CT molecular complexity index is 2270. The van der Waals surface area contributed by atoms with Crippen LogP contribution in [0.25, 0.3) is 11.1 Å². The third kappa shape index (κ3) is 10.5. The van der Waals surface area contributed by atoms with Crippen molar-refractivity contribution in [3.05, 3.63) is 114 Å². The Morgan fingerprint density at radius 3 is 2.21 bits per heavy atom. The van der Waals surface area contributed by atoms with E-state index in [1.165, 1.54) is 17.8 Å². The maximum absolute atomic E-state index is 14.0.